The molecular formula is C53H65N9O27S. The van der Waals surface area contributed by atoms with E-state index < -0.39 is 135 Å². The lowest BCUT2D eigenvalue weighted by atomic mass is 10.1. The SMILES string of the molecule is CC.O=C(CCC(=O)NCC(=O)CCCC(=O)ON1C(=O)CCC1=O)CNC(=O)CCCN1C(=O)C=CC1=O.O=C(CCN1C(=O)C=CC1=O)NCCOCCC(=O)ON1C(=O)CCC1=O.O=C(ON1C(=O)CCC1=O)C(CCN1C(=O)C=CC1=O)S(=O)(=O)O. The van der Waals surface area contributed by atoms with Crippen molar-refractivity contribution in [2.24, 2.45) is 0 Å². The molecule has 0 spiro atoms. The molecule has 0 bridgehead atoms. The van der Waals surface area contributed by atoms with Gasteiger partial charge in [0, 0.05) is 140 Å². The Balaban J connectivity index is 0.000000357. The Bertz CT molecular complexity index is 3000. The zero-order chi connectivity index (χ0) is 67.3. The molecule has 36 nitrogen and oxygen atoms in total. The van der Waals surface area contributed by atoms with Crippen LogP contribution in [0.1, 0.15) is 117 Å². The van der Waals surface area contributed by atoms with Crippen molar-refractivity contribution < 1.29 is 128 Å². The number of ether oxygens (including phenoxy) is 1. The Morgan fingerprint density at radius 3 is 1.27 bits per heavy atom. The molecule has 6 aliphatic heterocycles. The maximum atomic E-state index is 11.9. The van der Waals surface area contributed by atoms with Crippen molar-refractivity contribution in [1.29, 1.82) is 0 Å². The summed E-state index contributed by atoms with van der Waals surface area (Å²) in [6.07, 6.45) is 5.11. The van der Waals surface area contributed by atoms with Gasteiger partial charge in [0.1, 0.15) is 0 Å². The van der Waals surface area contributed by atoms with Crippen molar-refractivity contribution in [3.05, 3.63) is 36.5 Å². The standard InChI is InChI=1S/C23H28N4O10.C16H19N3O8.C12H12N2O9S.C2H6/c28-15(3-1-5-23(36)37-27-21(34)10-11-22(27)35)13-25-18(31)7-6-16(29)14-24-17(30)4-2-12-26-19(32)8-9-20(26)33;20-11(5-8-18-12(21)1-2-13(18)22)17-7-10-26-9-6-16(25)27-19-14(23)3-4-15(19)24;15-8-1-2-9(16)13(8)6-5-7(24(20,21)22)12(19)23-14-10(17)3-4-11(14)18;1-2/h8-9H,1-7,10-14H2,(H,24,30)(H,25,31);1-2H,3-10H2,(H,17,20);1-2,7H,3-6H2,(H,20,21,22);1-2H3. The van der Waals surface area contributed by atoms with E-state index in [-0.39, 0.29) is 159 Å². The van der Waals surface area contributed by atoms with Crippen LogP contribution in [0.3, 0.4) is 0 Å². The molecule has 3 saturated heterocycles. The van der Waals surface area contributed by atoms with E-state index in [9.17, 15) is 104 Å². The number of imide groups is 6. The van der Waals surface area contributed by atoms with Gasteiger partial charge in [-0.15, -0.1) is 15.2 Å². The van der Waals surface area contributed by atoms with E-state index in [2.05, 4.69) is 30.5 Å². The van der Waals surface area contributed by atoms with Gasteiger partial charge in [-0.05, 0) is 19.3 Å². The van der Waals surface area contributed by atoms with Crippen LogP contribution in [0.2, 0.25) is 0 Å². The van der Waals surface area contributed by atoms with Crippen molar-refractivity contribution in [3.63, 3.8) is 0 Å². The lowest BCUT2D eigenvalue weighted by molar-refractivity contribution is -0.198. The van der Waals surface area contributed by atoms with Crippen LogP contribution in [-0.4, -0.2) is 219 Å². The monoisotopic (exact) mass is 1290 g/mol. The summed E-state index contributed by atoms with van der Waals surface area (Å²) in [6.45, 7) is 3.34. The van der Waals surface area contributed by atoms with Crippen molar-refractivity contribution in [2.75, 3.05) is 52.5 Å². The Kier molecular flexibility index (Phi) is 30.6. The van der Waals surface area contributed by atoms with Crippen molar-refractivity contribution >= 4 is 128 Å². The molecule has 15 amide bonds. The summed E-state index contributed by atoms with van der Waals surface area (Å²) in [7, 11) is -4.96. The number of amides is 15. The zero-order valence-electron chi connectivity index (χ0n) is 48.7. The van der Waals surface area contributed by atoms with Crippen LogP contribution in [0.25, 0.3) is 0 Å². The highest BCUT2D eigenvalue weighted by molar-refractivity contribution is 7.87. The summed E-state index contributed by atoms with van der Waals surface area (Å²) in [5.41, 5.74) is 0. The van der Waals surface area contributed by atoms with E-state index >= 15 is 0 Å². The van der Waals surface area contributed by atoms with Gasteiger partial charge in [-0.3, -0.25) is 101 Å². The largest absolute Gasteiger partial charge is 0.379 e. The molecule has 490 valence electrons. The third kappa shape index (κ3) is 25.1. The summed E-state index contributed by atoms with van der Waals surface area (Å²) >= 11 is 0. The first-order valence-electron chi connectivity index (χ1n) is 27.7. The molecule has 4 N–H and O–H groups in total. The Morgan fingerprint density at radius 1 is 0.444 bits per heavy atom. The average molecular weight is 1290 g/mol. The maximum Gasteiger partial charge on any atom is 0.353 e. The fraction of sp³-hybridized carbons (Fsp3) is 0.509. The number of Topliss-reactive ketones (excluding diaryl/α,β-unsaturated/α-hetero) is 2. The second kappa shape index (κ2) is 37.1. The number of rotatable bonds is 32. The zero-order valence-corrected chi connectivity index (χ0v) is 49.5. The van der Waals surface area contributed by atoms with Crippen molar-refractivity contribution in [1.82, 2.24) is 45.8 Å². The highest BCUT2D eigenvalue weighted by atomic mass is 32.2. The number of ketones is 2. The van der Waals surface area contributed by atoms with Gasteiger partial charge in [0.25, 0.3) is 81.0 Å². The fourth-order valence-electron chi connectivity index (χ4n) is 7.66. The second-order valence-corrected chi connectivity index (χ2v) is 20.5. The number of hydrogen-bond donors (Lipinski definition) is 4. The number of hydrogen-bond acceptors (Lipinski definition) is 26. The lowest BCUT2D eigenvalue weighted by Crippen LogP contribution is -2.42. The summed E-state index contributed by atoms with van der Waals surface area (Å²) < 4.78 is 37.0. The Morgan fingerprint density at radius 2 is 0.822 bits per heavy atom. The highest BCUT2D eigenvalue weighted by Gasteiger charge is 2.41. The van der Waals surface area contributed by atoms with Gasteiger partial charge in [-0.2, -0.15) is 8.42 Å². The van der Waals surface area contributed by atoms with Crippen LogP contribution in [0.4, 0.5) is 0 Å². The van der Waals surface area contributed by atoms with E-state index in [1.165, 1.54) is 0 Å². The molecule has 6 heterocycles. The average Bonchev–Trinajstić information content (AvgIpc) is 2.34. The third-order valence-electron chi connectivity index (χ3n) is 12.3. The number of nitrogens with zero attached hydrogens (tertiary/aromatic N) is 6. The quantitative estimate of drug-likeness (QED) is 0.0285. The van der Waals surface area contributed by atoms with Gasteiger partial charge >= 0.3 is 17.9 Å². The van der Waals surface area contributed by atoms with Crippen molar-refractivity contribution in [2.45, 2.75) is 122 Å². The van der Waals surface area contributed by atoms with Gasteiger partial charge in [0.05, 0.1) is 32.7 Å². The van der Waals surface area contributed by atoms with Gasteiger partial charge in [0.15, 0.2) is 16.8 Å². The molecule has 3 fully saturated rings. The van der Waals surface area contributed by atoms with Crippen LogP contribution in [0, 0.1) is 0 Å². The molecule has 6 aliphatic rings. The fourth-order valence-corrected chi connectivity index (χ4v) is 8.35. The van der Waals surface area contributed by atoms with Crippen LogP contribution in [0.15, 0.2) is 36.5 Å². The van der Waals surface area contributed by atoms with Crippen LogP contribution in [-0.2, 0) is 125 Å². The molecule has 0 radical (unpaired) electrons. The maximum absolute atomic E-state index is 11.9. The summed E-state index contributed by atoms with van der Waals surface area (Å²) in [5.74, 6) is -12.3. The van der Waals surface area contributed by atoms with E-state index in [0.29, 0.717) is 15.0 Å². The topological polar surface area (TPSA) is 488 Å². The predicted octanol–water partition coefficient (Wildman–Crippen LogP) is -3.76. The molecule has 0 aromatic heterocycles. The molecular weight excluding hydrogens is 1230 g/mol. The number of carbonyl (C=O) groups excluding carboxylic acids is 20. The Hall–Kier alpha value is -9.91. The van der Waals surface area contributed by atoms with Gasteiger partial charge in [0.2, 0.25) is 17.7 Å². The first-order valence-corrected chi connectivity index (χ1v) is 29.2. The lowest BCUT2D eigenvalue weighted by Gasteiger charge is -2.19. The summed E-state index contributed by atoms with van der Waals surface area (Å²) in [6, 6.07) is 0. The molecule has 0 aliphatic carbocycles. The van der Waals surface area contributed by atoms with Crippen LogP contribution >= 0.6 is 0 Å². The van der Waals surface area contributed by atoms with E-state index in [1.54, 1.807) is 0 Å². The molecule has 90 heavy (non-hydrogen) atoms. The van der Waals surface area contributed by atoms with Crippen molar-refractivity contribution in [3.8, 4) is 0 Å². The predicted molar refractivity (Wildman–Crippen MR) is 292 cm³/mol. The molecule has 0 aromatic rings. The molecule has 6 rings (SSSR count). The minimum atomic E-state index is -4.96. The van der Waals surface area contributed by atoms with Crippen LogP contribution < -0.4 is 16.0 Å². The third-order valence-corrected chi connectivity index (χ3v) is 13.5. The summed E-state index contributed by atoms with van der Waals surface area (Å²) in [4.78, 5) is 247. The smallest absolute Gasteiger partial charge is 0.353 e. The van der Waals surface area contributed by atoms with Gasteiger partial charge in [-0.1, -0.05) is 13.8 Å². The normalized spacial score (nSPS) is 16.3. The molecule has 1 unspecified atom stereocenters. The molecule has 1 atom stereocenters. The molecule has 0 aromatic carbocycles. The van der Waals surface area contributed by atoms with E-state index in [0.717, 1.165) is 46.3 Å². The highest BCUT2D eigenvalue weighted by Crippen LogP contribution is 2.18. The molecule has 37 heteroatoms. The summed E-state index contributed by atoms with van der Waals surface area (Å²) in [5, 5.41) is 6.18. The van der Waals surface area contributed by atoms with E-state index in [1.807, 2.05) is 13.8 Å². The minimum absolute atomic E-state index is 0.00284. The van der Waals surface area contributed by atoms with Gasteiger partial charge < -0.3 is 35.2 Å². The Labute approximate surface area is 511 Å². The number of carbonyl (C=O) groups is 20. The van der Waals surface area contributed by atoms with Gasteiger partial charge in [-0.25, -0.2) is 14.4 Å². The number of nitrogens with one attached hydrogen (secondary N) is 3. The minimum Gasteiger partial charge on any atom is -0.379 e. The molecule has 0 saturated carbocycles. The van der Waals surface area contributed by atoms with Crippen LogP contribution in [0.5, 0.6) is 0 Å². The number of hydroxylamine groups is 6. The second-order valence-electron chi connectivity index (χ2n) is 18.9. The van der Waals surface area contributed by atoms with E-state index in [4.69, 9.17) is 9.29 Å². The first kappa shape index (κ1) is 74.3. The first-order chi connectivity index (χ1) is 42.5.